The maximum atomic E-state index is 10.8. The van der Waals surface area contributed by atoms with Crippen molar-refractivity contribution in [3.05, 3.63) is 53.2 Å². The van der Waals surface area contributed by atoms with Gasteiger partial charge in [-0.15, -0.1) is 0 Å². The Morgan fingerprint density at radius 2 is 1.79 bits per heavy atom. The molecule has 2 heteroatoms. The standard InChI is InChI=1S/C12H11NO/c1-13(14)9-10-6-7-11-4-2-3-5-12(11)8-10/h2-9H,1H3/b13-9+. The van der Waals surface area contributed by atoms with Crippen LogP contribution in [0.5, 0.6) is 0 Å². The van der Waals surface area contributed by atoms with Gasteiger partial charge in [-0.1, -0.05) is 30.3 Å². The van der Waals surface area contributed by atoms with Crippen LogP contribution in [0.4, 0.5) is 0 Å². The van der Waals surface area contributed by atoms with Crippen molar-refractivity contribution >= 4 is 17.0 Å². The lowest BCUT2D eigenvalue weighted by atomic mass is 10.1. The number of hydrogen-bond donors (Lipinski definition) is 0. The van der Waals surface area contributed by atoms with Crippen molar-refractivity contribution in [2.45, 2.75) is 0 Å². The van der Waals surface area contributed by atoms with E-state index in [-0.39, 0.29) is 0 Å². The molecule has 70 valence electrons. The lowest BCUT2D eigenvalue weighted by Crippen LogP contribution is -1.96. The first-order chi connectivity index (χ1) is 6.75. The Balaban J connectivity index is 2.57. The number of nitrogens with zero attached hydrogens (tertiary/aromatic N) is 1. The molecule has 0 atom stereocenters. The molecule has 0 N–H and O–H groups in total. The average molecular weight is 185 g/mol. The molecule has 0 aromatic heterocycles. The van der Waals surface area contributed by atoms with Crippen LogP contribution in [-0.2, 0) is 0 Å². The summed E-state index contributed by atoms with van der Waals surface area (Å²) in [6.45, 7) is 0. The van der Waals surface area contributed by atoms with Gasteiger partial charge in [-0.05, 0) is 22.9 Å². The second-order valence-corrected chi connectivity index (χ2v) is 3.28. The van der Waals surface area contributed by atoms with Crippen molar-refractivity contribution in [3.63, 3.8) is 0 Å². The molecule has 0 saturated heterocycles. The van der Waals surface area contributed by atoms with Gasteiger partial charge in [0.15, 0.2) is 6.21 Å². The predicted molar refractivity (Wildman–Crippen MR) is 58.7 cm³/mol. The van der Waals surface area contributed by atoms with Crippen molar-refractivity contribution in [1.82, 2.24) is 0 Å². The van der Waals surface area contributed by atoms with Crippen molar-refractivity contribution < 1.29 is 4.74 Å². The highest BCUT2D eigenvalue weighted by Crippen LogP contribution is 2.14. The minimum atomic E-state index is 0.810. The zero-order chi connectivity index (χ0) is 9.97. The number of rotatable bonds is 1. The summed E-state index contributed by atoms with van der Waals surface area (Å²) in [5, 5.41) is 13.2. The average Bonchev–Trinajstić information content (AvgIpc) is 2.17. The van der Waals surface area contributed by atoms with Crippen molar-refractivity contribution in [2.75, 3.05) is 7.05 Å². The lowest BCUT2D eigenvalue weighted by molar-refractivity contribution is -0.416. The SMILES string of the molecule is C/[N+]([O-])=C\c1ccc2ccccc2c1. The number of benzene rings is 2. The molecule has 0 aliphatic heterocycles. The van der Waals surface area contributed by atoms with Crippen LogP contribution in [-0.4, -0.2) is 18.0 Å². The van der Waals surface area contributed by atoms with E-state index < -0.39 is 0 Å². The zero-order valence-electron chi connectivity index (χ0n) is 7.97. The van der Waals surface area contributed by atoms with Gasteiger partial charge < -0.3 is 5.21 Å². The summed E-state index contributed by atoms with van der Waals surface area (Å²) in [5.41, 5.74) is 0.932. The van der Waals surface area contributed by atoms with Crippen molar-refractivity contribution in [2.24, 2.45) is 0 Å². The monoisotopic (exact) mass is 185 g/mol. The summed E-state index contributed by atoms with van der Waals surface area (Å²) in [6.07, 6.45) is 1.56. The van der Waals surface area contributed by atoms with Gasteiger partial charge in [0.2, 0.25) is 0 Å². The molecule has 2 rings (SSSR count). The quantitative estimate of drug-likeness (QED) is 0.290. The van der Waals surface area contributed by atoms with E-state index in [1.165, 1.54) is 12.4 Å². The molecule has 0 aliphatic carbocycles. The third-order valence-electron chi connectivity index (χ3n) is 2.10. The van der Waals surface area contributed by atoms with Gasteiger partial charge in [0.25, 0.3) is 0 Å². The van der Waals surface area contributed by atoms with Gasteiger partial charge in [0, 0.05) is 5.56 Å². The summed E-state index contributed by atoms with van der Waals surface area (Å²) in [5.74, 6) is 0. The first kappa shape index (κ1) is 8.75. The molecule has 0 amide bonds. The third kappa shape index (κ3) is 1.74. The normalized spacial score (nSPS) is 11.9. The summed E-state index contributed by atoms with van der Waals surface area (Å²) < 4.78 is 0.810. The Kier molecular flexibility index (Phi) is 2.19. The molecule has 14 heavy (non-hydrogen) atoms. The second kappa shape index (κ2) is 3.50. The first-order valence-corrected chi connectivity index (χ1v) is 4.49. The molecule has 0 bridgehead atoms. The minimum Gasteiger partial charge on any atom is -0.624 e. The summed E-state index contributed by atoms with van der Waals surface area (Å²) in [7, 11) is 1.48. The molecule has 0 heterocycles. The minimum absolute atomic E-state index is 0.810. The fourth-order valence-electron chi connectivity index (χ4n) is 1.50. The Labute approximate surface area is 82.7 Å². The highest BCUT2D eigenvalue weighted by molar-refractivity contribution is 5.89. The van der Waals surface area contributed by atoms with E-state index in [2.05, 4.69) is 6.07 Å². The Bertz CT molecular complexity index is 484. The highest BCUT2D eigenvalue weighted by Gasteiger charge is 1.95. The third-order valence-corrected chi connectivity index (χ3v) is 2.10. The number of hydroxylamine groups is 1. The Morgan fingerprint density at radius 1 is 1.07 bits per heavy atom. The molecule has 0 fully saturated rings. The van der Waals surface area contributed by atoms with E-state index in [1.54, 1.807) is 6.21 Å². The molecule has 2 nitrogen and oxygen atoms in total. The topological polar surface area (TPSA) is 26.1 Å². The summed E-state index contributed by atoms with van der Waals surface area (Å²) >= 11 is 0. The Morgan fingerprint density at radius 3 is 2.50 bits per heavy atom. The van der Waals surface area contributed by atoms with Crippen LogP contribution >= 0.6 is 0 Å². The van der Waals surface area contributed by atoms with Crippen LogP contribution in [0.15, 0.2) is 42.5 Å². The molecule has 2 aromatic carbocycles. The first-order valence-electron chi connectivity index (χ1n) is 4.49. The molecular weight excluding hydrogens is 174 g/mol. The molecule has 0 aliphatic rings. The van der Waals surface area contributed by atoms with E-state index in [1.807, 2.05) is 36.4 Å². The molecule has 0 spiro atoms. The zero-order valence-corrected chi connectivity index (χ0v) is 7.97. The smallest absolute Gasteiger partial charge is 0.181 e. The summed E-state index contributed by atoms with van der Waals surface area (Å²) in [6, 6.07) is 14.1. The van der Waals surface area contributed by atoms with Crippen LogP contribution in [0.25, 0.3) is 10.8 Å². The maximum absolute atomic E-state index is 10.8. The number of fused-ring (bicyclic) bond motifs is 1. The van der Waals surface area contributed by atoms with Crippen LogP contribution in [0, 0.1) is 5.21 Å². The van der Waals surface area contributed by atoms with Crippen LogP contribution in [0.3, 0.4) is 0 Å². The largest absolute Gasteiger partial charge is 0.624 e. The van der Waals surface area contributed by atoms with Gasteiger partial charge in [0.05, 0.1) is 0 Å². The predicted octanol–water partition coefficient (Wildman–Crippen LogP) is 2.40. The van der Waals surface area contributed by atoms with Crippen molar-refractivity contribution in [1.29, 1.82) is 0 Å². The summed E-state index contributed by atoms with van der Waals surface area (Å²) in [4.78, 5) is 0. The second-order valence-electron chi connectivity index (χ2n) is 3.28. The van der Waals surface area contributed by atoms with Crippen molar-refractivity contribution in [3.8, 4) is 0 Å². The number of hydrogen-bond acceptors (Lipinski definition) is 1. The van der Waals surface area contributed by atoms with E-state index >= 15 is 0 Å². The molecule has 0 saturated carbocycles. The van der Waals surface area contributed by atoms with E-state index in [9.17, 15) is 5.21 Å². The van der Waals surface area contributed by atoms with Gasteiger partial charge in [-0.2, -0.15) is 0 Å². The lowest BCUT2D eigenvalue weighted by Gasteiger charge is -1.99. The van der Waals surface area contributed by atoms with Crippen LogP contribution in [0.1, 0.15) is 5.56 Å². The van der Waals surface area contributed by atoms with Crippen LogP contribution < -0.4 is 0 Å². The molecule has 0 radical (unpaired) electrons. The maximum Gasteiger partial charge on any atom is 0.181 e. The van der Waals surface area contributed by atoms with E-state index in [0.29, 0.717) is 0 Å². The van der Waals surface area contributed by atoms with Gasteiger partial charge >= 0.3 is 0 Å². The highest BCUT2D eigenvalue weighted by atomic mass is 16.5. The van der Waals surface area contributed by atoms with Crippen LogP contribution in [0.2, 0.25) is 0 Å². The fraction of sp³-hybridized carbons (Fsp3) is 0.0833. The molecular formula is C12H11NO. The van der Waals surface area contributed by atoms with E-state index in [0.717, 1.165) is 15.7 Å². The Hall–Kier alpha value is -1.83. The van der Waals surface area contributed by atoms with Gasteiger partial charge in [0.1, 0.15) is 7.05 Å². The van der Waals surface area contributed by atoms with E-state index in [4.69, 9.17) is 0 Å². The fourth-order valence-corrected chi connectivity index (χ4v) is 1.50. The van der Waals surface area contributed by atoms with Gasteiger partial charge in [-0.3, -0.25) is 0 Å². The molecule has 2 aromatic rings. The van der Waals surface area contributed by atoms with Gasteiger partial charge in [-0.25, -0.2) is 4.74 Å². The molecule has 0 unspecified atom stereocenters.